The Labute approximate surface area is 186 Å². The highest BCUT2D eigenvalue weighted by Crippen LogP contribution is 2.49. The van der Waals surface area contributed by atoms with E-state index >= 15 is 0 Å². The predicted octanol–water partition coefficient (Wildman–Crippen LogP) is 5.75. The van der Waals surface area contributed by atoms with Crippen LogP contribution in [0, 0.1) is 17.1 Å². The Morgan fingerprint density at radius 3 is 2.39 bits per heavy atom. The van der Waals surface area contributed by atoms with E-state index in [1.165, 1.54) is 12.1 Å². The maximum Gasteiger partial charge on any atom is 0.250 e. The first-order valence-electron chi connectivity index (χ1n) is 9.47. The second-order valence-corrected chi connectivity index (χ2v) is 8.97. The number of ether oxygens (including phenoxy) is 1. The summed E-state index contributed by atoms with van der Waals surface area (Å²) in [6, 6.07) is 19.7. The van der Waals surface area contributed by atoms with Crippen molar-refractivity contribution in [3.8, 4) is 17.2 Å². The minimum absolute atomic E-state index is 0.0989. The number of rotatable bonds is 3. The molecule has 4 aromatic rings. The fraction of sp³-hybridized carbons (Fsp3) is 0.0833. The molecule has 3 heterocycles. The summed E-state index contributed by atoms with van der Waals surface area (Å²) in [5.41, 5.74) is 2.00. The van der Waals surface area contributed by atoms with Gasteiger partial charge in [-0.3, -0.25) is 4.79 Å². The summed E-state index contributed by atoms with van der Waals surface area (Å²) in [5, 5.41) is 16.1. The van der Waals surface area contributed by atoms with E-state index in [1.54, 1.807) is 28.7 Å². The number of hydrogen-bond acceptors (Lipinski definition) is 5. The summed E-state index contributed by atoms with van der Waals surface area (Å²) < 4.78 is 20.5. The zero-order valence-corrected chi connectivity index (χ0v) is 17.7. The van der Waals surface area contributed by atoms with Crippen LogP contribution in [0.5, 0.6) is 0 Å². The van der Waals surface area contributed by atoms with Gasteiger partial charge in [0.05, 0.1) is 11.6 Å². The third kappa shape index (κ3) is 3.35. The van der Waals surface area contributed by atoms with Crippen LogP contribution in [0.25, 0.3) is 11.1 Å². The first-order chi connectivity index (χ1) is 15.1. The number of carbonyl (C=O) groups is 1. The van der Waals surface area contributed by atoms with E-state index in [0.29, 0.717) is 11.3 Å². The van der Waals surface area contributed by atoms with Gasteiger partial charge in [0.2, 0.25) is 5.91 Å². The van der Waals surface area contributed by atoms with E-state index in [1.807, 2.05) is 59.3 Å². The molecule has 0 saturated heterocycles. The Bertz CT molecular complexity index is 1270. The molecule has 2 aromatic heterocycles. The molecular formula is C24H15FN2O2S2. The van der Waals surface area contributed by atoms with Crippen LogP contribution in [0.4, 0.5) is 10.1 Å². The van der Waals surface area contributed by atoms with Gasteiger partial charge in [0.1, 0.15) is 12.4 Å². The van der Waals surface area contributed by atoms with Gasteiger partial charge < -0.3 is 10.1 Å². The smallest absolute Gasteiger partial charge is 0.250 e. The number of benzene rings is 2. The molecule has 0 radical (unpaired) electrons. The molecule has 1 N–H and O–H groups in total. The van der Waals surface area contributed by atoms with Crippen molar-refractivity contribution in [2.24, 2.45) is 0 Å². The standard InChI is InChI=1S/C24H15FN2O2S2/c25-18-10-15(13-26)9-17(11-18)16-5-6-20-19(12-16)24(21-3-1-7-30-21,22-4-2-8-31-22)29-14-23(28)27-20/h1-12H,14H2,(H,27,28). The van der Waals surface area contributed by atoms with E-state index in [0.717, 1.165) is 20.9 Å². The van der Waals surface area contributed by atoms with E-state index in [4.69, 9.17) is 4.74 Å². The molecule has 0 unspecified atom stereocenters. The molecule has 0 saturated carbocycles. The predicted molar refractivity (Wildman–Crippen MR) is 120 cm³/mol. The summed E-state index contributed by atoms with van der Waals surface area (Å²) >= 11 is 3.10. The average Bonchev–Trinajstić information content (AvgIpc) is 3.48. The van der Waals surface area contributed by atoms with Gasteiger partial charge in [-0.1, -0.05) is 18.2 Å². The summed E-state index contributed by atoms with van der Waals surface area (Å²) in [6.45, 7) is -0.0989. The molecule has 0 fully saturated rings. The van der Waals surface area contributed by atoms with E-state index in [9.17, 15) is 14.4 Å². The van der Waals surface area contributed by atoms with Gasteiger partial charge in [0.25, 0.3) is 0 Å². The van der Waals surface area contributed by atoms with Gasteiger partial charge in [-0.05, 0) is 64.4 Å². The molecule has 2 aromatic carbocycles. The van der Waals surface area contributed by atoms with Crippen molar-refractivity contribution in [1.82, 2.24) is 0 Å². The number of halogens is 1. The lowest BCUT2D eigenvalue weighted by atomic mass is 9.86. The minimum Gasteiger partial charge on any atom is -0.349 e. The number of carbonyl (C=O) groups excluding carboxylic acids is 1. The highest BCUT2D eigenvalue weighted by molar-refractivity contribution is 7.11. The second kappa shape index (κ2) is 7.75. The van der Waals surface area contributed by atoms with Crippen LogP contribution >= 0.6 is 22.7 Å². The van der Waals surface area contributed by atoms with Gasteiger partial charge in [-0.25, -0.2) is 4.39 Å². The van der Waals surface area contributed by atoms with Crippen LogP contribution in [-0.4, -0.2) is 12.5 Å². The number of anilines is 1. The van der Waals surface area contributed by atoms with E-state index < -0.39 is 11.4 Å². The van der Waals surface area contributed by atoms with Crippen molar-refractivity contribution in [2.45, 2.75) is 5.60 Å². The molecule has 0 aliphatic carbocycles. The molecular weight excluding hydrogens is 431 g/mol. The molecule has 7 heteroatoms. The van der Waals surface area contributed by atoms with Crippen LogP contribution < -0.4 is 5.32 Å². The van der Waals surface area contributed by atoms with Crippen LogP contribution in [0.15, 0.2) is 71.4 Å². The molecule has 1 amide bonds. The molecule has 1 aliphatic rings. The van der Waals surface area contributed by atoms with Gasteiger partial charge in [0, 0.05) is 21.0 Å². The van der Waals surface area contributed by atoms with E-state index in [-0.39, 0.29) is 18.1 Å². The lowest BCUT2D eigenvalue weighted by Crippen LogP contribution is -2.31. The van der Waals surface area contributed by atoms with Crippen molar-refractivity contribution in [1.29, 1.82) is 5.26 Å². The lowest BCUT2D eigenvalue weighted by Gasteiger charge is -2.32. The number of amides is 1. The summed E-state index contributed by atoms with van der Waals surface area (Å²) in [7, 11) is 0. The zero-order chi connectivity index (χ0) is 21.4. The van der Waals surface area contributed by atoms with Crippen molar-refractivity contribution < 1.29 is 13.9 Å². The Morgan fingerprint density at radius 2 is 1.74 bits per heavy atom. The van der Waals surface area contributed by atoms with E-state index in [2.05, 4.69) is 5.32 Å². The molecule has 0 spiro atoms. The Hall–Kier alpha value is -3.31. The fourth-order valence-corrected chi connectivity index (χ4v) is 5.75. The third-order valence-electron chi connectivity index (χ3n) is 5.19. The summed E-state index contributed by atoms with van der Waals surface area (Å²) in [5.74, 6) is -0.710. The molecule has 4 nitrogen and oxygen atoms in total. The lowest BCUT2D eigenvalue weighted by molar-refractivity contribution is -0.123. The van der Waals surface area contributed by atoms with Crippen molar-refractivity contribution in [2.75, 3.05) is 11.9 Å². The van der Waals surface area contributed by atoms with Gasteiger partial charge in [-0.2, -0.15) is 5.26 Å². The Balaban J connectivity index is 1.79. The van der Waals surface area contributed by atoms with Crippen molar-refractivity contribution in [3.63, 3.8) is 0 Å². The van der Waals surface area contributed by atoms with Gasteiger partial charge in [0.15, 0.2) is 5.60 Å². The number of hydrogen-bond donors (Lipinski definition) is 1. The first kappa shape index (κ1) is 19.6. The average molecular weight is 447 g/mol. The number of nitriles is 1. The topological polar surface area (TPSA) is 62.1 Å². The molecule has 5 rings (SSSR count). The second-order valence-electron chi connectivity index (χ2n) is 7.07. The monoisotopic (exact) mass is 446 g/mol. The summed E-state index contributed by atoms with van der Waals surface area (Å²) in [6.07, 6.45) is 0. The van der Waals surface area contributed by atoms with Crippen molar-refractivity contribution >= 4 is 34.3 Å². The van der Waals surface area contributed by atoms with Crippen molar-refractivity contribution in [3.05, 3.63) is 98.1 Å². The molecule has 152 valence electrons. The number of thiophene rings is 2. The number of nitrogens with zero attached hydrogens (tertiary/aromatic N) is 1. The molecule has 0 bridgehead atoms. The Morgan fingerprint density at radius 1 is 1.00 bits per heavy atom. The summed E-state index contributed by atoms with van der Waals surface area (Å²) in [4.78, 5) is 14.3. The Kier molecular flexibility index (Phi) is 4.91. The quantitative estimate of drug-likeness (QED) is 0.436. The van der Waals surface area contributed by atoms with Gasteiger partial charge in [-0.15, -0.1) is 22.7 Å². The van der Waals surface area contributed by atoms with Crippen LogP contribution in [-0.2, 0) is 15.1 Å². The number of fused-ring (bicyclic) bond motifs is 1. The molecule has 0 atom stereocenters. The van der Waals surface area contributed by atoms with Crippen LogP contribution in [0.1, 0.15) is 20.9 Å². The largest absolute Gasteiger partial charge is 0.349 e. The highest BCUT2D eigenvalue weighted by Gasteiger charge is 2.44. The number of nitrogens with one attached hydrogen (secondary N) is 1. The van der Waals surface area contributed by atoms with Crippen LogP contribution in [0.3, 0.4) is 0 Å². The third-order valence-corrected chi connectivity index (χ3v) is 7.13. The SMILES string of the molecule is N#Cc1cc(F)cc(-c2ccc3c(c2)C(c2cccs2)(c2cccs2)OCC(=O)N3)c1. The molecule has 1 aliphatic heterocycles. The highest BCUT2D eigenvalue weighted by atomic mass is 32.1. The first-order valence-corrected chi connectivity index (χ1v) is 11.2. The van der Waals surface area contributed by atoms with Crippen LogP contribution in [0.2, 0.25) is 0 Å². The fourth-order valence-electron chi connectivity index (χ4n) is 3.87. The maximum absolute atomic E-state index is 14.1. The zero-order valence-electron chi connectivity index (χ0n) is 16.1. The minimum atomic E-state index is -0.974. The molecule has 31 heavy (non-hydrogen) atoms. The van der Waals surface area contributed by atoms with Gasteiger partial charge >= 0.3 is 0 Å². The normalized spacial score (nSPS) is 14.9. The maximum atomic E-state index is 14.1.